The Kier molecular flexibility index (Phi) is 7.96. The summed E-state index contributed by atoms with van der Waals surface area (Å²) in [6, 6.07) is 0.138. The molecular weight excluding hydrogens is 328 g/mol. The Balaban J connectivity index is 1.98. The average molecular weight is 367 g/mol. The molecule has 2 aliphatic rings. The Morgan fingerprint density at radius 1 is 1.27 bits per heavy atom. The van der Waals surface area contributed by atoms with Crippen LogP contribution in [0.5, 0.6) is 0 Å². The molecule has 26 heavy (non-hydrogen) atoms. The first kappa shape index (κ1) is 21.2. The van der Waals surface area contributed by atoms with Crippen LogP contribution >= 0.6 is 0 Å². The number of nitrogens with zero attached hydrogens (tertiary/aromatic N) is 2. The molecule has 5 heteroatoms. The van der Waals surface area contributed by atoms with Gasteiger partial charge in [-0.15, -0.1) is 6.58 Å². The largest absolute Gasteiger partial charge is 0.465 e. The van der Waals surface area contributed by atoms with Gasteiger partial charge in [0.15, 0.2) is 0 Å². The number of amides is 1. The summed E-state index contributed by atoms with van der Waals surface area (Å²) in [7, 11) is 0. The van der Waals surface area contributed by atoms with Crippen LogP contribution in [0.1, 0.15) is 59.3 Å². The monoisotopic (exact) mass is 366 g/mol. The third-order valence-corrected chi connectivity index (χ3v) is 5.81. The van der Waals surface area contributed by atoms with Gasteiger partial charge in [-0.05, 0) is 64.8 Å². The number of hydrogen-bond donors (Lipinski definition) is 1. The van der Waals surface area contributed by atoms with E-state index in [0.29, 0.717) is 18.4 Å². The fourth-order valence-corrected chi connectivity index (χ4v) is 4.77. The van der Waals surface area contributed by atoms with E-state index in [1.54, 1.807) is 11.0 Å². The van der Waals surface area contributed by atoms with Gasteiger partial charge in [0, 0.05) is 24.7 Å². The third kappa shape index (κ3) is 5.98. The van der Waals surface area contributed by atoms with Crippen molar-refractivity contribution < 1.29 is 14.6 Å². The summed E-state index contributed by atoms with van der Waals surface area (Å²) >= 11 is 0. The summed E-state index contributed by atoms with van der Waals surface area (Å²) < 4.78 is 5.67. The number of ether oxygens (including phenoxy) is 1. The molecule has 150 valence electrons. The van der Waals surface area contributed by atoms with Gasteiger partial charge in [0.25, 0.3) is 0 Å². The second-order valence-electron chi connectivity index (χ2n) is 9.03. The molecule has 5 nitrogen and oxygen atoms in total. The number of carbonyl (C=O) groups is 1. The maximum absolute atomic E-state index is 12.0. The lowest BCUT2D eigenvalue weighted by Crippen LogP contribution is -2.56. The van der Waals surface area contributed by atoms with E-state index in [0.717, 1.165) is 45.5 Å². The van der Waals surface area contributed by atoms with Gasteiger partial charge < -0.3 is 19.6 Å². The lowest BCUT2D eigenvalue weighted by Gasteiger charge is -2.47. The predicted octanol–water partition coefficient (Wildman–Crippen LogP) is 4.24. The Labute approximate surface area is 159 Å². The van der Waals surface area contributed by atoms with E-state index in [1.165, 1.54) is 19.3 Å². The molecule has 1 saturated carbocycles. The SMILES string of the molecule is C=CCOC[C@H]1CCCN(CC2CCCCC2N(C(=O)O)C(C)(C)C)C1. The lowest BCUT2D eigenvalue weighted by atomic mass is 9.81. The Hall–Kier alpha value is -1.07. The van der Waals surface area contributed by atoms with Gasteiger partial charge in [-0.25, -0.2) is 4.79 Å². The smallest absolute Gasteiger partial charge is 0.407 e. The van der Waals surface area contributed by atoms with E-state index >= 15 is 0 Å². The van der Waals surface area contributed by atoms with Crippen LogP contribution < -0.4 is 0 Å². The maximum Gasteiger partial charge on any atom is 0.407 e. The molecule has 1 saturated heterocycles. The van der Waals surface area contributed by atoms with Gasteiger partial charge in [0.05, 0.1) is 13.2 Å². The number of piperidine rings is 1. The van der Waals surface area contributed by atoms with Crippen LogP contribution in [0.2, 0.25) is 0 Å². The van der Waals surface area contributed by atoms with E-state index in [4.69, 9.17) is 4.74 Å². The first-order valence-corrected chi connectivity index (χ1v) is 10.3. The minimum atomic E-state index is -0.774. The zero-order valence-electron chi connectivity index (χ0n) is 17.0. The molecule has 1 heterocycles. The molecule has 1 amide bonds. The number of carboxylic acid groups (broad SMARTS) is 1. The van der Waals surface area contributed by atoms with Gasteiger partial charge in [-0.2, -0.15) is 0 Å². The van der Waals surface area contributed by atoms with E-state index in [1.807, 2.05) is 20.8 Å². The van der Waals surface area contributed by atoms with Crippen LogP contribution in [0.4, 0.5) is 4.79 Å². The van der Waals surface area contributed by atoms with Crippen molar-refractivity contribution in [3.05, 3.63) is 12.7 Å². The van der Waals surface area contributed by atoms with Gasteiger partial charge in [-0.3, -0.25) is 0 Å². The van der Waals surface area contributed by atoms with Crippen molar-refractivity contribution in [1.29, 1.82) is 0 Å². The van der Waals surface area contributed by atoms with Crippen LogP contribution in [0, 0.1) is 11.8 Å². The van der Waals surface area contributed by atoms with Crippen molar-refractivity contribution in [3.8, 4) is 0 Å². The van der Waals surface area contributed by atoms with Crippen LogP contribution in [0.15, 0.2) is 12.7 Å². The Morgan fingerprint density at radius 2 is 2.00 bits per heavy atom. The molecule has 0 aromatic rings. The summed E-state index contributed by atoms with van der Waals surface area (Å²) in [5.74, 6) is 1.02. The van der Waals surface area contributed by atoms with Crippen LogP contribution in [0.3, 0.4) is 0 Å². The molecule has 0 radical (unpaired) electrons. The molecular formula is C21H38N2O3. The Bertz CT molecular complexity index is 461. The van der Waals surface area contributed by atoms with Crippen LogP contribution in [0.25, 0.3) is 0 Å². The van der Waals surface area contributed by atoms with E-state index in [-0.39, 0.29) is 11.6 Å². The molecule has 0 spiro atoms. The summed E-state index contributed by atoms with van der Waals surface area (Å²) in [4.78, 5) is 16.2. The minimum absolute atomic E-state index is 0.138. The predicted molar refractivity (Wildman–Crippen MR) is 106 cm³/mol. The topological polar surface area (TPSA) is 53.0 Å². The highest BCUT2D eigenvalue weighted by Gasteiger charge is 2.39. The van der Waals surface area contributed by atoms with Crippen molar-refractivity contribution in [3.63, 3.8) is 0 Å². The highest BCUT2D eigenvalue weighted by atomic mass is 16.5. The average Bonchev–Trinajstić information content (AvgIpc) is 2.56. The fraction of sp³-hybridized carbons (Fsp3) is 0.857. The highest BCUT2D eigenvalue weighted by molar-refractivity contribution is 5.66. The van der Waals surface area contributed by atoms with Crippen molar-refractivity contribution in [2.24, 2.45) is 11.8 Å². The minimum Gasteiger partial charge on any atom is -0.465 e. The first-order valence-electron chi connectivity index (χ1n) is 10.3. The second-order valence-corrected chi connectivity index (χ2v) is 9.03. The molecule has 2 fully saturated rings. The molecule has 0 aromatic carbocycles. The summed E-state index contributed by atoms with van der Waals surface area (Å²) in [6.45, 7) is 14.4. The first-order chi connectivity index (χ1) is 12.3. The third-order valence-electron chi connectivity index (χ3n) is 5.81. The molecule has 3 atom stereocenters. The van der Waals surface area contributed by atoms with Gasteiger partial charge in [0.1, 0.15) is 0 Å². The summed E-state index contributed by atoms with van der Waals surface area (Å²) in [5, 5.41) is 9.84. The van der Waals surface area contributed by atoms with E-state index in [2.05, 4.69) is 11.5 Å². The Morgan fingerprint density at radius 3 is 2.65 bits per heavy atom. The standard InChI is InChI=1S/C21H38N2O3/c1-5-13-26-16-17-9-8-12-22(14-17)15-18-10-6-7-11-19(18)23(20(24)25)21(2,3)4/h5,17-19H,1,6-16H2,2-4H3,(H,24,25)/t17-,18?,19?/m0/s1. The van der Waals surface area contributed by atoms with Gasteiger partial charge in [0.2, 0.25) is 0 Å². The van der Waals surface area contributed by atoms with E-state index in [9.17, 15) is 9.90 Å². The van der Waals surface area contributed by atoms with Crippen LogP contribution in [-0.2, 0) is 4.74 Å². The number of rotatable bonds is 7. The highest BCUT2D eigenvalue weighted by Crippen LogP contribution is 2.34. The van der Waals surface area contributed by atoms with Gasteiger partial charge in [-0.1, -0.05) is 18.9 Å². The molecule has 1 N–H and O–H groups in total. The summed E-state index contributed by atoms with van der Waals surface area (Å²) in [5.41, 5.74) is -0.352. The van der Waals surface area contributed by atoms with E-state index < -0.39 is 6.09 Å². The molecule has 2 unspecified atom stereocenters. The lowest BCUT2D eigenvalue weighted by molar-refractivity contribution is 0.0124. The number of likely N-dealkylation sites (tertiary alicyclic amines) is 1. The molecule has 1 aliphatic carbocycles. The second kappa shape index (κ2) is 9.75. The maximum atomic E-state index is 12.0. The van der Waals surface area contributed by atoms with Crippen molar-refractivity contribution in [1.82, 2.24) is 9.80 Å². The normalized spacial score (nSPS) is 27.9. The molecule has 0 aromatic heterocycles. The zero-order chi connectivity index (χ0) is 19.2. The van der Waals surface area contributed by atoms with Gasteiger partial charge >= 0.3 is 6.09 Å². The zero-order valence-corrected chi connectivity index (χ0v) is 17.0. The quantitative estimate of drug-likeness (QED) is 0.541. The van der Waals surface area contributed by atoms with Crippen LogP contribution in [-0.4, -0.2) is 65.4 Å². The molecule has 1 aliphatic heterocycles. The van der Waals surface area contributed by atoms with Crippen molar-refractivity contribution in [2.45, 2.75) is 70.9 Å². The van der Waals surface area contributed by atoms with Crippen molar-refractivity contribution >= 4 is 6.09 Å². The number of hydrogen-bond acceptors (Lipinski definition) is 3. The molecule has 0 bridgehead atoms. The van der Waals surface area contributed by atoms with Crippen molar-refractivity contribution in [2.75, 3.05) is 32.8 Å². The fourth-order valence-electron chi connectivity index (χ4n) is 4.77. The summed E-state index contributed by atoms with van der Waals surface area (Å²) in [6.07, 6.45) is 7.96. The molecule has 2 rings (SSSR count).